The third-order valence-electron chi connectivity index (χ3n) is 3.18. The van der Waals surface area contributed by atoms with Crippen molar-refractivity contribution in [3.63, 3.8) is 0 Å². The summed E-state index contributed by atoms with van der Waals surface area (Å²) in [5, 5.41) is 0. The lowest BCUT2D eigenvalue weighted by molar-refractivity contribution is 0.272. The Kier molecular flexibility index (Phi) is 23.0. The monoisotopic (exact) mass is 472 g/mol. The summed E-state index contributed by atoms with van der Waals surface area (Å²) in [6, 6.07) is 2.01. The average Bonchev–Trinajstić information content (AvgIpc) is 2.56. The molecule has 23 heavy (non-hydrogen) atoms. The molecular formula is C18H37IN2S2. The summed E-state index contributed by atoms with van der Waals surface area (Å²) in [5.41, 5.74) is 1.15. The van der Waals surface area contributed by atoms with Gasteiger partial charge in [-0.1, -0.05) is 66.0 Å². The molecule has 0 N–H and O–H groups in total. The van der Waals surface area contributed by atoms with Crippen molar-refractivity contribution in [3.05, 3.63) is 15.1 Å². The summed E-state index contributed by atoms with van der Waals surface area (Å²) >= 11 is 10.3. The molecule has 5 heteroatoms. The van der Waals surface area contributed by atoms with Gasteiger partial charge in [-0.15, -0.1) is 24.0 Å². The van der Waals surface area contributed by atoms with E-state index in [1.54, 1.807) is 0 Å². The summed E-state index contributed by atoms with van der Waals surface area (Å²) in [7, 11) is 2.10. The number of nitrogens with zero attached hydrogens (tertiary/aromatic N) is 2. The Morgan fingerprint density at radius 1 is 0.870 bits per heavy atom. The van der Waals surface area contributed by atoms with Gasteiger partial charge >= 0.3 is 0 Å². The first kappa shape index (κ1) is 28.2. The van der Waals surface area contributed by atoms with Crippen molar-refractivity contribution in [3.8, 4) is 0 Å². The molecule has 1 aromatic carbocycles. The second-order valence-corrected chi connectivity index (χ2v) is 5.69. The van der Waals surface area contributed by atoms with Gasteiger partial charge in [-0.05, 0) is 45.0 Å². The van der Waals surface area contributed by atoms with Gasteiger partial charge in [0, 0.05) is 13.6 Å². The highest BCUT2D eigenvalue weighted by Crippen LogP contribution is 2.21. The SMILES string of the molecule is CC.CC.CCCN(CCC)CCCN(C)c1cc(=S)c1=S.I. The Balaban J connectivity index is -0.000000739. The first-order valence-corrected chi connectivity index (χ1v) is 9.65. The molecule has 0 aliphatic carbocycles. The lowest BCUT2D eigenvalue weighted by Gasteiger charge is -2.25. The first-order valence-electron chi connectivity index (χ1n) is 8.84. The van der Waals surface area contributed by atoms with Crippen LogP contribution in [0.3, 0.4) is 0 Å². The predicted octanol–water partition coefficient (Wildman–Crippen LogP) is 6.64. The van der Waals surface area contributed by atoms with E-state index >= 15 is 0 Å². The van der Waals surface area contributed by atoms with Crippen molar-refractivity contribution in [1.82, 2.24) is 4.90 Å². The van der Waals surface area contributed by atoms with Crippen LogP contribution in [-0.4, -0.2) is 38.1 Å². The molecule has 0 aromatic heterocycles. The molecule has 0 fully saturated rings. The van der Waals surface area contributed by atoms with Crippen LogP contribution in [0.4, 0.5) is 5.69 Å². The van der Waals surface area contributed by atoms with E-state index in [9.17, 15) is 0 Å². The van der Waals surface area contributed by atoms with Crippen LogP contribution in [0.1, 0.15) is 60.8 Å². The largest absolute Gasteiger partial charge is 0.373 e. The van der Waals surface area contributed by atoms with Crippen LogP contribution in [0.5, 0.6) is 0 Å². The van der Waals surface area contributed by atoms with Gasteiger partial charge in [0.2, 0.25) is 0 Å². The van der Waals surface area contributed by atoms with Crippen LogP contribution >= 0.6 is 48.4 Å². The number of anilines is 1. The van der Waals surface area contributed by atoms with Crippen LogP contribution in [0.25, 0.3) is 0 Å². The molecule has 0 saturated heterocycles. The fourth-order valence-corrected chi connectivity index (χ4v) is 2.70. The smallest absolute Gasteiger partial charge is 0.0792 e. The zero-order chi connectivity index (χ0) is 17.5. The number of hydrogen-bond acceptors (Lipinski definition) is 4. The van der Waals surface area contributed by atoms with E-state index in [4.69, 9.17) is 24.4 Å². The molecule has 0 aliphatic heterocycles. The van der Waals surface area contributed by atoms with E-state index < -0.39 is 0 Å². The van der Waals surface area contributed by atoms with Gasteiger partial charge in [0.1, 0.15) is 0 Å². The summed E-state index contributed by atoms with van der Waals surface area (Å²) in [6.45, 7) is 17.1. The molecule has 0 heterocycles. The zero-order valence-corrected chi connectivity index (χ0v) is 20.1. The molecule has 0 radical (unpaired) electrons. The van der Waals surface area contributed by atoms with Crippen molar-refractivity contribution in [2.75, 3.05) is 38.1 Å². The van der Waals surface area contributed by atoms with Gasteiger partial charge in [-0.25, -0.2) is 0 Å². The van der Waals surface area contributed by atoms with Crippen LogP contribution in [0.2, 0.25) is 0 Å². The van der Waals surface area contributed by atoms with Crippen molar-refractivity contribution in [2.24, 2.45) is 0 Å². The molecule has 1 aromatic rings. The van der Waals surface area contributed by atoms with E-state index in [-0.39, 0.29) is 24.0 Å². The maximum absolute atomic E-state index is 5.23. The van der Waals surface area contributed by atoms with E-state index in [1.807, 2.05) is 33.8 Å². The second-order valence-electron chi connectivity index (χ2n) is 4.84. The van der Waals surface area contributed by atoms with Crippen LogP contribution in [0, 0.1) is 9.02 Å². The molecule has 0 saturated carbocycles. The molecule has 0 unspecified atom stereocenters. The zero-order valence-electron chi connectivity index (χ0n) is 16.1. The highest BCUT2D eigenvalue weighted by Gasteiger charge is 2.09. The van der Waals surface area contributed by atoms with E-state index in [0.717, 1.165) is 21.3 Å². The molecule has 0 bridgehead atoms. The second kappa shape index (κ2) is 18.7. The standard InChI is InChI=1S/C14H24N2S2.2C2H6.HI/c1-4-7-16(8-5-2)10-6-9-15(3)12-11-13(17)14(12)18;2*1-2;/h11H,4-10H2,1-3H3;2*1-2H3;1H. The molecular weight excluding hydrogens is 435 g/mol. The number of hydrogen-bond donors (Lipinski definition) is 0. The molecule has 2 nitrogen and oxygen atoms in total. The first-order chi connectivity index (χ1) is 10.6. The average molecular weight is 473 g/mol. The maximum Gasteiger partial charge on any atom is 0.0792 e. The third-order valence-corrected chi connectivity index (χ3v) is 4.06. The van der Waals surface area contributed by atoms with E-state index in [1.165, 1.54) is 38.9 Å². The van der Waals surface area contributed by atoms with Crippen LogP contribution in [0.15, 0.2) is 6.07 Å². The molecule has 0 atom stereocenters. The summed E-state index contributed by atoms with van der Waals surface area (Å²) < 4.78 is 1.71. The quantitative estimate of drug-likeness (QED) is 0.293. The minimum absolute atomic E-state index is 0. The van der Waals surface area contributed by atoms with Gasteiger partial charge in [-0.3, -0.25) is 0 Å². The predicted molar refractivity (Wildman–Crippen MR) is 124 cm³/mol. The lowest BCUT2D eigenvalue weighted by Crippen LogP contribution is -2.30. The minimum Gasteiger partial charge on any atom is -0.373 e. The molecule has 0 spiro atoms. The van der Waals surface area contributed by atoms with E-state index in [2.05, 4.69) is 30.7 Å². The molecule has 0 aliphatic rings. The summed E-state index contributed by atoms with van der Waals surface area (Å²) in [6.07, 6.45) is 3.65. The van der Waals surface area contributed by atoms with Gasteiger partial charge < -0.3 is 9.80 Å². The highest BCUT2D eigenvalue weighted by molar-refractivity contribution is 14.0. The van der Waals surface area contributed by atoms with Gasteiger partial charge in [0.05, 0.1) is 14.7 Å². The fourth-order valence-electron chi connectivity index (χ4n) is 2.21. The van der Waals surface area contributed by atoms with E-state index in [0.29, 0.717) is 0 Å². The van der Waals surface area contributed by atoms with Crippen molar-refractivity contribution < 1.29 is 0 Å². The van der Waals surface area contributed by atoms with Gasteiger partial charge in [-0.2, -0.15) is 0 Å². The Labute approximate surface area is 172 Å². The van der Waals surface area contributed by atoms with Gasteiger partial charge in [0.15, 0.2) is 0 Å². The topological polar surface area (TPSA) is 6.48 Å². The minimum atomic E-state index is 0. The summed E-state index contributed by atoms with van der Waals surface area (Å²) in [4.78, 5) is 4.78. The lowest BCUT2D eigenvalue weighted by atomic mass is 10.2. The number of rotatable bonds is 9. The number of halogens is 1. The Bertz CT molecular complexity index is 422. The maximum atomic E-state index is 5.23. The molecule has 0 amide bonds. The van der Waals surface area contributed by atoms with Crippen LogP contribution in [-0.2, 0) is 0 Å². The van der Waals surface area contributed by atoms with Crippen molar-refractivity contribution >= 4 is 54.1 Å². The Morgan fingerprint density at radius 3 is 1.70 bits per heavy atom. The Morgan fingerprint density at radius 2 is 1.35 bits per heavy atom. The fraction of sp³-hybridized carbons (Fsp3) is 0.778. The van der Waals surface area contributed by atoms with Crippen LogP contribution < -0.4 is 4.90 Å². The Hall–Kier alpha value is 0.410. The highest BCUT2D eigenvalue weighted by atomic mass is 127. The normalized spacial score (nSPS) is 9.39. The molecule has 1 rings (SSSR count). The van der Waals surface area contributed by atoms with Crippen molar-refractivity contribution in [2.45, 2.75) is 60.8 Å². The van der Waals surface area contributed by atoms with Crippen molar-refractivity contribution in [1.29, 1.82) is 0 Å². The van der Waals surface area contributed by atoms with Gasteiger partial charge in [0.25, 0.3) is 0 Å². The third kappa shape index (κ3) is 11.6. The molecule has 138 valence electrons. The summed E-state index contributed by atoms with van der Waals surface area (Å²) in [5.74, 6) is 0.